The summed E-state index contributed by atoms with van der Waals surface area (Å²) < 4.78 is 1.41. The van der Waals surface area contributed by atoms with E-state index < -0.39 is 5.91 Å². The van der Waals surface area contributed by atoms with Gasteiger partial charge in [-0.1, -0.05) is 36.7 Å². The minimum absolute atomic E-state index is 0.109. The molecule has 2 rings (SSSR count). The Hall–Kier alpha value is -2.60. The van der Waals surface area contributed by atoms with Crippen molar-refractivity contribution in [2.24, 2.45) is 0 Å². The highest BCUT2D eigenvalue weighted by atomic mass is 35.5. The maximum atomic E-state index is 12.2. The predicted molar refractivity (Wildman–Crippen MR) is 96.9 cm³/mol. The fourth-order valence-corrected chi connectivity index (χ4v) is 2.38. The number of carbonyl (C=O) groups excluding carboxylic acids is 2. The molecule has 1 aromatic carbocycles. The first-order valence-electron chi connectivity index (χ1n) is 8.00. The highest BCUT2D eigenvalue weighted by Gasteiger charge is 2.10. The van der Waals surface area contributed by atoms with Gasteiger partial charge in [0.05, 0.1) is 18.7 Å². The first kappa shape index (κ1) is 18.7. The Labute approximate surface area is 150 Å². The number of hydrogen-bond donors (Lipinski definition) is 2. The van der Waals surface area contributed by atoms with Crippen LogP contribution in [-0.2, 0) is 11.3 Å². The van der Waals surface area contributed by atoms with Crippen molar-refractivity contribution in [2.75, 3.05) is 13.1 Å². The summed E-state index contributed by atoms with van der Waals surface area (Å²) in [5.41, 5.74) is 0.842. The van der Waals surface area contributed by atoms with E-state index in [1.54, 1.807) is 6.07 Å². The van der Waals surface area contributed by atoms with Gasteiger partial charge in [-0.2, -0.15) is 0 Å². The van der Waals surface area contributed by atoms with E-state index in [4.69, 9.17) is 11.6 Å². The molecule has 0 aliphatic heterocycles. The number of benzene rings is 1. The molecule has 0 fully saturated rings. The average Bonchev–Trinajstić information content (AvgIpc) is 2.61. The third-order valence-electron chi connectivity index (χ3n) is 3.53. The number of aromatic nitrogens is 1. The maximum Gasteiger partial charge on any atom is 0.253 e. The van der Waals surface area contributed by atoms with Crippen LogP contribution >= 0.6 is 11.6 Å². The number of amides is 2. The Morgan fingerprint density at radius 1 is 1.12 bits per heavy atom. The van der Waals surface area contributed by atoms with Crippen LogP contribution in [0.5, 0.6) is 0 Å². The number of halogens is 1. The van der Waals surface area contributed by atoms with Gasteiger partial charge in [0.1, 0.15) is 0 Å². The minimum atomic E-state index is -0.417. The van der Waals surface area contributed by atoms with Gasteiger partial charge in [0.25, 0.3) is 11.5 Å². The summed E-state index contributed by atoms with van der Waals surface area (Å²) in [7, 11) is 0. The molecule has 2 aromatic rings. The SMILES string of the molecule is CCCNC(=O)CNC(=O)c1ccc(=O)n(Cc2ccccc2Cl)c1. The largest absolute Gasteiger partial charge is 0.355 e. The lowest BCUT2D eigenvalue weighted by molar-refractivity contribution is -0.120. The molecular formula is C18H20ClN3O3. The summed E-state index contributed by atoms with van der Waals surface area (Å²) in [4.78, 5) is 35.7. The first-order chi connectivity index (χ1) is 12.0. The molecule has 2 amide bonds. The van der Waals surface area contributed by atoms with Crippen molar-refractivity contribution in [3.63, 3.8) is 0 Å². The summed E-state index contributed by atoms with van der Waals surface area (Å²) in [5, 5.41) is 5.76. The van der Waals surface area contributed by atoms with Gasteiger partial charge >= 0.3 is 0 Å². The van der Waals surface area contributed by atoms with Gasteiger partial charge in [0, 0.05) is 23.8 Å². The molecule has 25 heavy (non-hydrogen) atoms. The van der Waals surface area contributed by atoms with Gasteiger partial charge in [0.2, 0.25) is 5.91 Å². The molecule has 0 spiro atoms. The molecule has 0 bridgehead atoms. The van der Waals surface area contributed by atoms with Crippen LogP contribution in [0.1, 0.15) is 29.3 Å². The van der Waals surface area contributed by atoms with Crippen molar-refractivity contribution in [2.45, 2.75) is 19.9 Å². The molecule has 6 nitrogen and oxygen atoms in total. The smallest absolute Gasteiger partial charge is 0.253 e. The molecule has 0 saturated heterocycles. The second-order valence-electron chi connectivity index (χ2n) is 5.51. The Bertz CT molecular complexity index is 817. The summed E-state index contributed by atoms with van der Waals surface area (Å²) >= 11 is 6.12. The Kier molecular flexibility index (Phi) is 6.77. The number of carbonyl (C=O) groups is 2. The number of hydrogen-bond acceptors (Lipinski definition) is 3. The maximum absolute atomic E-state index is 12.2. The topological polar surface area (TPSA) is 80.2 Å². The molecule has 0 unspecified atom stereocenters. The molecule has 1 aromatic heterocycles. The van der Waals surface area contributed by atoms with Crippen LogP contribution in [0.4, 0.5) is 0 Å². The number of pyridine rings is 1. The van der Waals surface area contributed by atoms with Crippen LogP contribution < -0.4 is 16.2 Å². The molecule has 7 heteroatoms. The fraction of sp³-hybridized carbons (Fsp3) is 0.278. The molecule has 1 heterocycles. The minimum Gasteiger partial charge on any atom is -0.355 e. The summed E-state index contributed by atoms with van der Waals surface area (Å²) in [6.07, 6.45) is 2.29. The van der Waals surface area contributed by atoms with Crippen molar-refractivity contribution in [1.82, 2.24) is 15.2 Å². The van der Waals surface area contributed by atoms with Crippen LogP contribution in [0.2, 0.25) is 5.02 Å². The lowest BCUT2D eigenvalue weighted by Gasteiger charge is -2.10. The van der Waals surface area contributed by atoms with Gasteiger partial charge < -0.3 is 15.2 Å². The normalized spacial score (nSPS) is 10.3. The molecule has 0 radical (unpaired) electrons. The van der Waals surface area contributed by atoms with E-state index in [9.17, 15) is 14.4 Å². The van der Waals surface area contributed by atoms with Crippen molar-refractivity contribution in [1.29, 1.82) is 0 Å². The van der Waals surface area contributed by atoms with E-state index in [1.165, 1.54) is 22.9 Å². The van der Waals surface area contributed by atoms with E-state index >= 15 is 0 Å². The van der Waals surface area contributed by atoms with Crippen molar-refractivity contribution >= 4 is 23.4 Å². The van der Waals surface area contributed by atoms with Gasteiger partial charge in [-0.3, -0.25) is 14.4 Å². The zero-order valence-corrected chi connectivity index (χ0v) is 14.7. The highest BCUT2D eigenvalue weighted by molar-refractivity contribution is 6.31. The van der Waals surface area contributed by atoms with Gasteiger partial charge in [-0.15, -0.1) is 0 Å². The average molecular weight is 362 g/mol. The molecule has 132 valence electrons. The van der Waals surface area contributed by atoms with Crippen molar-refractivity contribution < 1.29 is 9.59 Å². The molecule has 2 N–H and O–H groups in total. The Morgan fingerprint density at radius 2 is 1.88 bits per heavy atom. The molecule has 0 saturated carbocycles. The quantitative estimate of drug-likeness (QED) is 0.789. The summed E-state index contributed by atoms with van der Waals surface area (Å²) in [6, 6.07) is 9.96. The zero-order valence-electron chi connectivity index (χ0n) is 13.9. The van der Waals surface area contributed by atoms with Crippen molar-refractivity contribution in [3.05, 3.63) is 69.1 Å². The Morgan fingerprint density at radius 3 is 2.60 bits per heavy atom. The lowest BCUT2D eigenvalue weighted by Crippen LogP contribution is -2.37. The molecule has 0 atom stereocenters. The van der Waals surface area contributed by atoms with Crippen LogP contribution in [0.15, 0.2) is 47.4 Å². The second-order valence-corrected chi connectivity index (χ2v) is 5.92. The summed E-state index contributed by atoms with van der Waals surface area (Å²) in [5.74, 6) is -0.667. The van der Waals surface area contributed by atoms with Crippen LogP contribution in [0, 0.1) is 0 Å². The van der Waals surface area contributed by atoms with Crippen molar-refractivity contribution in [3.8, 4) is 0 Å². The van der Waals surface area contributed by atoms with E-state index in [2.05, 4.69) is 10.6 Å². The molecule has 0 aliphatic rings. The standard InChI is InChI=1S/C18H20ClN3O3/c1-2-9-20-16(23)10-21-18(25)14-7-8-17(24)22(12-14)11-13-5-3-4-6-15(13)19/h3-8,12H,2,9-11H2,1H3,(H,20,23)(H,21,25). The van der Waals surface area contributed by atoms with Gasteiger partial charge in [-0.25, -0.2) is 0 Å². The monoisotopic (exact) mass is 361 g/mol. The number of nitrogens with one attached hydrogen (secondary N) is 2. The first-order valence-corrected chi connectivity index (χ1v) is 8.38. The predicted octanol–water partition coefficient (Wildman–Crippen LogP) is 1.81. The lowest BCUT2D eigenvalue weighted by atomic mass is 10.2. The van der Waals surface area contributed by atoms with Crippen LogP contribution in [0.3, 0.4) is 0 Å². The molecule has 0 aliphatic carbocycles. The molecular weight excluding hydrogens is 342 g/mol. The van der Waals surface area contributed by atoms with Gasteiger partial charge in [-0.05, 0) is 24.1 Å². The number of rotatable bonds is 7. The van der Waals surface area contributed by atoms with E-state index in [1.807, 2.05) is 25.1 Å². The third kappa shape index (κ3) is 5.46. The van der Waals surface area contributed by atoms with Crippen LogP contribution in [0.25, 0.3) is 0 Å². The van der Waals surface area contributed by atoms with Gasteiger partial charge in [0.15, 0.2) is 0 Å². The zero-order chi connectivity index (χ0) is 18.2. The van der Waals surface area contributed by atoms with E-state index in [0.717, 1.165) is 12.0 Å². The third-order valence-corrected chi connectivity index (χ3v) is 3.89. The number of nitrogens with zero attached hydrogens (tertiary/aromatic N) is 1. The van der Waals surface area contributed by atoms with Crippen LogP contribution in [-0.4, -0.2) is 29.5 Å². The Balaban J connectivity index is 2.07. The second kappa shape index (κ2) is 9.03. The van der Waals surface area contributed by atoms with E-state index in [-0.39, 0.29) is 24.6 Å². The fourth-order valence-electron chi connectivity index (χ4n) is 2.19. The highest BCUT2D eigenvalue weighted by Crippen LogP contribution is 2.15. The summed E-state index contributed by atoms with van der Waals surface area (Å²) in [6.45, 7) is 2.66. The van der Waals surface area contributed by atoms with E-state index in [0.29, 0.717) is 17.1 Å².